The highest BCUT2D eigenvalue weighted by Crippen LogP contribution is 2.34. The van der Waals surface area contributed by atoms with E-state index in [4.69, 9.17) is 26.0 Å². The zero-order valence-corrected chi connectivity index (χ0v) is 20.7. The number of ether oxygens (including phenoxy) is 1. The molecule has 198 valence electrons. The van der Waals surface area contributed by atoms with Crippen LogP contribution in [0.2, 0.25) is 5.02 Å². The van der Waals surface area contributed by atoms with E-state index in [-0.39, 0.29) is 17.9 Å². The molecule has 0 bridgehead atoms. The minimum Gasteiger partial charge on any atom is -0.478 e. The van der Waals surface area contributed by atoms with Crippen molar-refractivity contribution in [2.45, 2.75) is 32.7 Å². The lowest BCUT2D eigenvalue weighted by atomic mass is 10.1. The van der Waals surface area contributed by atoms with E-state index in [0.29, 0.717) is 38.4 Å². The lowest BCUT2D eigenvalue weighted by molar-refractivity contribution is -0.144. The number of carbonyl (C=O) groups excluding carboxylic acids is 1. The maximum absolute atomic E-state index is 13.4. The number of aryl methyl sites for hydroxylation is 1. The highest BCUT2D eigenvalue weighted by Gasteiger charge is 2.40. The van der Waals surface area contributed by atoms with Gasteiger partial charge in [0.15, 0.2) is 11.5 Å². The van der Waals surface area contributed by atoms with E-state index < -0.39 is 35.6 Å². The summed E-state index contributed by atoms with van der Waals surface area (Å²) in [4.78, 5) is 23.8. The maximum Gasteiger partial charge on any atom is 0.433 e. The molecule has 1 amide bonds. The molecule has 0 aliphatic heterocycles. The number of hydrogen-bond donors (Lipinski definition) is 2. The van der Waals surface area contributed by atoms with Gasteiger partial charge in [-0.1, -0.05) is 59.2 Å². The van der Waals surface area contributed by atoms with Gasteiger partial charge >= 0.3 is 18.2 Å². The number of carboxylic acid groups (broad SMARTS) is 1. The first-order valence-electron chi connectivity index (χ1n) is 11.1. The lowest BCUT2D eigenvalue weighted by Gasteiger charge is -2.15. The number of hydrogen-bond acceptors (Lipinski definition) is 6. The van der Waals surface area contributed by atoms with E-state index in [2.05, 4.69) is 15.6 Å². The molecule has 9 nitrogen and oxygen atoms in total. The number of aromatic carboxylic acids is 1. The zero-order valence-electron chi connectivity index (χ0n) is 19.9. The Morgan fingerprint density at radius 2 is 1.87 bits per heavy atom. The molecule has 0 spiro atoms. The standard InChI is InChI=1S/C25H20ClF3N4O5/c1-13(17-5-3-4-6-19(17)26)37-24(36)31-20-14(2)38-32-21(20)16-9-7-15(8-10-16)12-33-22(25(27,28)29)18(11-30-33)23(34)35/h3-11,13H,12H2,1-2H3,(H,31,36)(H,34,35). The topological polar surface area (TPSA) is 119 Å². The van der Waals surface area contributed by atoms with Crippen LogP contribution < -0.4 is 5.32 Å². The predicted octanol–water partition coefficient (Wildman–Crippen LogP) is 6.57. The van der Waals surface area contributed by atoms with E-state index in [9.17, 15) is 22.8 Å². The fourth-order valence-electron chi connectivity index (χ4n) is 3.78. The molecule has 0 aliphatic carbocycles. The molecule has 2 N–H and O–H groups in total. The lowest BCUT2D eigenvalue weighted by Crippen LogP contribution is -2.18. The average molecular weight is 549 g/mol. The number of nitrogens with zero attached hydrogens (tertiary/aromatic N) is 3. The third-order valence-corrected chi connectivity index (χ3v) is 5.96. The summed E-state index contributed by atoms with van der Waals surface area (Å²) in [5.41, 5.74) is -0.199. The number of carbonyl (C=O) groups is 2. The van der Waals surface area contributed by atoms with Gasteiger partial charge in [-0.25, -0.2) is 9.59 Å². The van der Waals surface area contributed by atoms with Crippen LogP contribution in [0.3, 0.4) is 0 Å². The first-order chi connectivity index (χ1) is 18.0. The van der Waals surface area contributed by atoms with Crippen LogP contribution in [-0.2, 0) is 17.5 Å². The number of anilines is 1. The third kappa shape index (κ3) is 5.65. The van der Waals surface area contributed by atoms with Crippen LogP contribution >= 0.6 is 11.6 Å². The second-order valence-corrected chi connectivity index (χ2v) is 8.63. The first kappa shape index (κ1) is 26.7. The number of alkyl halides is 3. The van der Waals surface area contributed by atoms with Gasteiger partial charge in [-0.15, -0.1) is 0 Å². The van der Waals surface area contributed by atoms with Gasteiger partial charge in [0.25, 0.3) is 0 Å². The van der Waals surface area contributed by atoms with E-state index in [0.717, 1.165) is 0 Å². The Bertz CT molecular complexity index is 1480. The summed E-state index contributed by atoms with van der Waals surface area (Å²) >= 11 is 6.16. The van der Waals surface area contributed by atoms with Crippen molar-refractivity contribution in [1.82, 2.24) is 14.9 Å². The van der Waals surface area contributed by atoms with Crippen LogP contribution in [0.25, 0.3) is 11.3 Å². The van der Waals surface area contributed by atoms with Crippen molar-refractivity contribution >= 4 is 29.4 Å². The highest BCUT2D eigenvalue weighted by molar-refractivity contribution is 6.31. The number of rotatable bonds is 7. The molecule has 0 saturated heterocycles. The molecule has 2 heterocycles. The molecule has 0 aliphatic rings. The Labute approximate surface area is 218 Å². The summed E-state index contributed by atoms with van der Waals surface area (Å²) in [5, 5.41) is 19.7. The molecule has 1 unspecified atom stereocenters. The van der Waals surface area contributed by atoms with Gasteiger partial charge in [0, 0.05) is 16.1 Å². The quantitative estimate of drug-likeness (QED) is 0.268. The number of aromatic nitrogens is 3. The molecular formula is C25H20ClF3N4O5. The van der Waals surface area contributed by atoms with Crippen LogP contribution in [-0.4, -0.2) is 32.1 Å². The fourth-order valence-corrected chi connectivity index (χ4v) is 4.07. The van der Waals surface area contributed by atoms with Crippen molar-refractivity contribution in [3.63, 3.8) is 0 Å². The Balaban J connectivity index is 1.51. The summed E-state index contributed by atoms with van der Waals surface area (Å²) in [6, 6.07) is 13.2. The second-order valence-electron chi connectivity index (χ2n) is 8.22. The monoisotopic (exact) mass is 548 g/mol. The summed E-state index contributed by atoms with van der Waals surface area (Å²) in [6.45, 7) is 2.94. The van der Waals surface area contributed by atoms with E-state index in [1.165, 1.54) is 12.1 Å². The number of amides is 1. The van der Waals surface area contributed by atoms with Crippen LogP contribution in [0.5, 0.6) is 0 Å². The predicted molar refractivity (Wildman–Crippen MR) is 130 cm³/mol. The van der Waals surface area contributed by atoms with Gasteiger partial charge in [0.1, 0.15) is 23.0 Å². The highest BCUT2D eigenvalue weighted by atomic mass is 35.5. The van der Waals surface area contributed by atoms with Gasteiger partial charge in [0.05, 0.1) is 12.7 Å². The second kappa shape index (κ2) is 10.6. The SMILES string of the molecule is Cc1onc(-c2ccc(Cn3ncc(C(=O)O)c3C(F)(F)F)cc2)c1NC(=O)OC(C)c1ccccc1Cl. The number of benzene rings is 2. The summed E-state index contributed by atoms with van der Waals surface area (Å²) < 4.78 is 51.6. The van der Waals surface area contributed by atoms with Crippen molar-refractivity contribution in [2.75, 3.05) is 5.32 Å². The molecule has 2 aromatic carbocycles. The van der Waals surface area contributed by atoms with Crippen LogP contribution in [0.15, 0.2) is 59.3 Å². The van der Waals surface area contributed by atoms with Gasteiger partial charge in [-0.05, 0) is 25.5 Å². The van der Waals surface area contributed by atoms with Crippen LogP contribution in [0.4, 0.5) is 23.7 Å². The van der Waals surface area contributed by atoms with Gasteiger partial charge in [-0.3, -0.25) is 10.00 Å². The minimum absolute atomic E-state index is 0.256. The molecule has 0 saturated carbocycles. The van der Waals surface area contributed by atoms with Crippen LogP contribution in [0, 0.1) is 6.92 Å². The van der Waals surface area contributed by atoms with Crippen molar-refractivity contribution in [3.8, 4) is 11.3 Å². The number of nitrogens with one attached hydrogen (secondary N) is 1. The number of halogens is 4. The molecule has 13 heteroatoms. The Kier molecular flexibility index (Phi) is 7.44. The van der Waals surface area contributed by atoms with Gasteiger partial charge in [0.2, 0.25) is 0 Å². The first-order valence-corrected chi connectivity index (χ1v) is 11.5. The third-order valence-electron chi connectivity index (χ3n) is 5.61. The molecule has 4 aromatic rings. The molecule has 4 rings (SSSR count). The van der Waals surface area contributed by atoms with Crippen molar-refractivity contribution in [1.29, 1.82) is 0 Å². The molecule has 0 fully saturated rings. The normalized spacial score (nSPS) is 12.3. The Morgan fingerprint density at radius 1 is 1.18 bits per heavy atom. The Hall–Kier alpha value is -4.32. The summed E-state index contributed by atoms with van der Waals surface area (Å²) in [5.74, 6) is -1.42. The zero-order chi connectivity index (χ0) is 27.6. The van der Waals surface area contributed by atoms with Crippen molar-refractivity contribution < 1.29 is 37.1 Å². The van der Waals surface area contributed by atoms with E-state index >= 15 is 0 Å². The van der Waals surface area contributed by atoms with E-state index in [1.807, 2.05) is 0 Å². The van der Waals surface area contributed by atoms with Gasteiger partial charge < -0.3 is 14.4 Å². The largest absolute Gasteiger partial charge is 0.478 e. The summed E-state index contributed by atoms with van der Waals surface area (Å²) in [7, 11) is 0. The van der Waals surface area contributed by atoms with Gasteiger partial charge in [-0.2, -0.15) is 18.3 Å². The Morgan fingerprint density at radius 3 is 2.50 bits per heavy atom. The summed E-state index contributed by atoms with van der Waals surface area (Å²) in [6.07, 6.45) is -5.64. The molecular weight excluding hydrogens is 529 g/mol. The minimum atomic E-state index is -4.90. The fraction of sp³-hybridized carbons (Fsp3) is 0.200. The smallest absolute Gasteiger partial charge is 0.433 e. The molecule has 1 atom stereocenters. The van der Waals surface area contributed by atoms with E-state index in [1.54, 1.807) is 50.2 Å². The maximum atomic E-state index is 13.4. The molecule has 2 aromatic heterocycles. The van der Waals surface area contributed by atoms with Crippen molar-refractivity contribution in [2.24, 2.45) is 0 Å². The van der Waals surface area contributed by atoms with Crippen LogP contribution in [0.1, 0.15) is 46.0 Å². The van der Waals surface area contributed by atoms with Crippen molar-refractivity contribution in [3.05, 3.63) is 87.9 Å². The average Bonchev–Trinajstić information content (AvgIpc) is 3.44. The molecule has 38 heavy (non-hydrogen) atoms. The molecule has 0 radical (unpaired) electrons. The number of carboxylic acids is 1.